The zero-order chi connectivity index (χ0) is 9.56. The van der Waals surface area contributed by atoms with Crippen LogP contribution in [0, 0.1) is 0 Å². The lowest BCUT2D eigenvalue weighted by Gasteiger charge is -2.15. The summed E-state index contributed by atoms with van der Waals surface area (Å²) in [4.78, 5) is 10.0. The van der Waals surface area contributed by atoms with Gasteiger partial charge in [0.2, 0.25) is 11.3 Å². The third-order valence-electron chi connectivity index (χ3n) is 0.883. The molecule has 3 N–H and O–H groups in total. The van der Waals surface area contributed by atoms with Crippen LogP contribution in [0.2, 0.25) is 0 Å². The van der Waals surface area contributed by atoms with Crippen molar-refractivity contribution in [2.24, 2.45) is 0 Å². The Hall–Kier alpha value is -0.210. The number of hydrogen-bond donors (Lipinski definition) is 3. The van der Waals surface area contributed by atoms with Gasteiger partial charge in [0.1, 0.15) is 6.54 Å². The fourth-order valence-corrected chi connectivity index (χ4v) is 1.14. The van der Waals surface area contributed by atoms with Crippen molar-refractivity contribution in [1.82, 2.24) is 9.84 Å². The lowest BCUT2D eigenvalue weighted by Crippen LogP contribution is -2.43. The second-order valence-electron chi connectivity index (χ2n) is 1.75. The zero-order valence-electron chi connectivity index (χ0n) is 6.07. The predicted octanol–water partition coefficient (Wildman–Crippen LogP) is -0.747. The fourth-order valence-electron chi connectivity index (χ4n) is 0.445. The largest absolute Gasteiger partial charge is 0.480 e. The number of aliphatic carboxylic acids is 1. The average Bonchev–Trinajstić information content (AvgIpc) is 1.96. The number of hydrazine groups is 1. The Morgan fingerprint density at radius 1 is 1.67 bits per heavy atom. The number of carbonyl (C=O) groups is 1. The van der Waals surface area contributed by atoms with Crippen LogP contribution in [-0.4, -0.2) is 43.2 Å². The summed E-state index contributed by atoms with van der Waals surface area (Å²) in [7, 11) is 0. The maximum atomic E-state index is 10.4. The molecule has 0 aliphatic carbocycles. The van der Waals surface area contributed by atoms with Gasteiger partial charge in [0.15, 0.2) is 0 Å². The van der Waals surface area contributed by atoms with Gasteiger partial charge in [-0.2, -0.15) is 0 Å². The van der Waals surface area contributed by atoms with Crippen LogP contribution < -0.4 is 5.43 Å². The molecule has 0 aliphatic heterocycles. The second kappa shape index (κ2) is 6.32. The van der Waals surface area contributed by atoms with Crippen LogP contribution in [0.1, 0.15) is 0 Å². The van der Waals surface area contributed by atoms with E-state index < -0.39 is 23.8 Å². The molecule has 0 aromatic heterocycles. The van der Waals surface area contributed by atoms with Crippen molar-refractivity contribution in [2.75, 3.05) is 19.0 Å². The Kier molecular flexibility index (Phi) is 6.21. The molecule has 0 spiro atoms. The minimum Gasteiger partial charge on any atom is -0.480 e. The molecule has 1 unspecified atom stereocenters. The van der Waals surface area contributed by atoms with E-state index >= 15 is 0 Å². The van der Waals surface area contributed by atoms with Crippen molar-refractivity contribution < 1.29 is 18.7 Å². The Balaban J connectivity index is 3.79. The molecule has 8 heteroatoms. The Morgan fingerprint density at radius 3 is 2.58 bits per heavy atom. The van der Waals surface area contributed by atoms with Crippen LogP contribution in [-0.2, 0) is 16.1 Å². The monoisotopic (exact) mass is 216 g/mol. The fraction of sp³-hybridized carbons (Fsp3) is 0.750. The third kappa shape index (κ3) is 5.44. The molecule has 0 aliphatic rings. The average molecular weight is 217 g/mol. The Labute approximate surface area is 76.9 Å². The molecule has 0 amide bonds. The highest BCUT2D eigenvalue weighted by atomic mass is 35.5. The van der Waals surface area contributed by atoms with E-state index in [4.69, 9.17) is 21.3 Å². The first-order valence-electron chi connectivity index (χ1n) is 2.97. The van der Waals surface area contributed by atoms with Crippen LogP contribution in [0.15, 0.2) is 0 Å². The van der Waals surface area contributed by atoms with Gasteiger partial charge in [0.25, 0.3) is 0 Å². The highest BCUT2D eigenvalue weighted by Gasteiger charge is 2.10. The number of carboxylic acids is 1. The standard InChI is InChI=1S/C4H9ClN2O4S/c5-1-2-7(12(10)11)6-3-4(8)9/h6H,1-3H2,(H,8,9)(H,10,11). The third-order valence-corrected chi connectivity index (χ3v) is 1.74. The summed E-state index contributed by atoms with van der Waals surface area (Å²) in [6.45, 7) is -0.318. The number of carboxylic acid groups (broad SMARTS) is 1. The van der Waals surface area contributed by atoms with Gasteiger partial charge in [-0.1, -0.05) is 0 Å². The van der Waals surface area contributed by atoms with Gasteiger partial charge in [0, 0.05) is 12.4 Å². The molecule has 0 aromatic carbocycles. The molecule has 0 saturated heterocycles. The van der Waals surface area contributed by atoms with Gasteiger partial charge in [-0.15, -0.1) is 16.0 Å². The molecule has 0 radical (unpaired) electrons. The number of nitrogens with zero attached hydrogens (tertiary/aromatic N) is 1. The lowest BCUT2D eigenvalue weighted by molar-refractivity contribution is -0.136. The summed E-state index contributed by atoms with van der Waals surface area (Å²) in [6, 6.07) is 0. The molecule has 0 heterocycles. The molecular weight excluding hydrogens is 208 g/mol. The van der Waals surface area contributed by atoms with Crippen molar-refractivity contribution in [2.45, 2.75) is 0 Å². The van der Waals surface area contributed by atoms with Crippen molar-refractivity contribution in [3.8, 4) is 0 Å². The van der Waals surface area contributed by atoms with Gasteiger partial charge in [0.05, 0.1) is 0 Å². The smallest absolute Gasteiger partial charge is 0.318 e. The summed E-state index contributed by atoms with van der Waals surface area (Å²) >= 11 is 3.04. The molecule has 6 nitrogen and oxygen atoms in total. The molecule has 72 valence electrons. The molecule has 0 saturated carbocycles. The zero-order valence-corrected chi connectivity index (χ0v) is 7.64. The molecular formula is C4H9ClN2O4S. The van der Waals surface area contributed by atoms with Crippen molar-refractivity contribution in [3.05, 3.63) is 0 Å². The van der Waals surface area contributed by atoms with Gasteiger partial charge >= 0.3 is 5.97 Å². The van der Waals surface area contributed by atoms with Gasteiger partial charge in [-0.05, 0) is 0 Å². The van der Waals surface area contributed by atoms with E-state index in [2.05, 4.69) is 5.43 Å². The van der Waals surface area contributed by atoms with E-state index in [-0.39, 0.29) is 12.4 Å². The van der Waals surface area contributed by atoms with Crippen molar-refractivity contribution >= 4 is 28.8 Å². The minimum absolute atomic E-state index is 0.0952. The number of rotatable bonds is 6. The topological polar surface area (TPSA) is 89.9 Å². The summed E-state index contributed by atoms with van der Waals surface area (Å²) in [5, 5.41) is 8.21. The normalized spacial score (nSPS) is 13.2. The SMILES string of the molecule is O=C(O)CNN(CCCl)S(=O)O. The molecule has 0 rings (SSSR count). The predicted molar refractivity (Wildman–Crippen MR) is 43.8 cm³/mol. The highest BCUT2D eigenvalue weighted by Crippen LogP contribution is 1.87. The minimum atomic E-state index is -2.25. The van der Waals surface area contributed by atoms with Crippen LogP contribution >= 0.6 is 11.6 Å². The first kappa shape index (κ1) is 11.8. The van der Waals surface area contributed by atoms with Gasteiger partial charge < -0.3 is 5.11 Å². The Morgan fingerprint density at radius 2 is 2.25 bits per heavy atom. The lowest BCUT2D eigenvalue weighted by atomic mass is 10.7. The molecule has 0 fully saturated rings. The van der Waals surface area contributed by atoms with Crippen molar-refractivity contribution in [3.63, 3.8) is 0 Å². The van der Waals surface area contributed by atoms with E-state index in [9.17, 15) is 9.00 Å². The van der Waals surface area contributed by atoms with E-state index in [0.717, 1.165) is 4.41 Å². The van der Waals surface area contributed by atoms with E-state index in [1.807, 2.05) is 0 Å². The molecule has 0 aromatic rings. The number of halogens is 1. The van der Waals surface area contributed by atoms with Crippen LogP contribution in [0.25, 0.3) is 0 Å². The maximum Gasteiger partial charge on any atom is 0.318 e. The molecule has 1 atom stereocenters. The summed E-state index contributed by atoms with van der Waals surface area (Å²) in [5.74, 6) is -0.973. The van der Waals surface area contributed by atoms with E-state index in [1.54, 1.807) is 0 Å². The maximum absolute atomic E-state index is 10.4. The molecule has 0 bridgehead atoms. The summed E-state index contributed by atoms with van der Waals surface area (Å²) in [5.41, 5.74) is 2.22. The summed E-state index contributed by atoms with van der Waals surface area (Å²) < 4.78 is 19.8. The highest BCUT2D eigenvalue weighted by molar-refractivity contribution is 7.76. The number of nitrogens with one attached hydrogen (secondary N) is 1. The van der Waals surface area contributed by atoms with Crippen LogP contribution in [0.5, 0.6) is 0 Å². The first-order valence-corrected chi connectivity index (χ1v) is 4.57. The van der Waals surface area contributed by atoms with E-state index in [1.165, 1.54) is 0 Å². The van der Waals surface area contributed by atoms with Gasteiger partial charge in [-0.25, -0.2) is 9.63 Å². The number of hydrogen-bond acceptors (Lipinski definition) is 3. The second-order valence-corrected chi connectivity index (χ2v) is 3.03. The van der Waals surface area contributed by atoms with Gasteiger partial charge in [-0.3, -0.25) is 9.35 Å². The Bertz CT molecular complexity index is 178. The number of alkyl halides is 1. The van der Waals surface area contributed by atoms with Crippen LogP contribution in [0.3, 0.4) is 0 Å². The van der Waals surface area contributed by atoms with E-state index in [0.29, 0.717) is 0 Å². The van der Waals surface area contributed by atoms with Crippen LogP contribution in [0.4, 0.5) is 0 Å². The molecule has 12 heavy (non-hydrogen) atoms. The first-order chi connectivity index (χ1) is 5.57. The summed E-state index contributed by atoms with van der Waals surface area (Å²) in [6.07, 6.45) is 0. The quantitative estimate of drug-likeness (QED) is 0.309. The van der Waals surface area contributed by atoms with Crippen molar-refractivity contribution in [1.29, 1.82) is 0 Å².